The molecule has 3 aromatic carbocycles. The van der Waals surface area contributed by atoms with Gasteiger partial charge in [0.25, 0.3) is 0 Å². The van der Waals surface area contributed by atoms with Crippen molar-refractivity contribution >= 4 is 22.6 Å². The maximum Gasteiger partial charge on any atom is 0.336 e. The molecule has 142 valence electrons. The van der Waals surface area contributed by atoms with Crippen LogP contribution >= 0.6 is 11.6 Å². The third-order valence-corrected chi connectivity index (χ3v) is 5.11. The summed E-state index contributed by atoms with van der Waals surface area (Å²) in [6, 6.07) is 22.2. The fraction of sp³-hybridized carbons (Fsp3) is 0.0833. The molecule has 0 aliphatic carbocycles. The molecule has 1 heterocycles. The fourth-order valence-corrected chi connectivity index (χ4v) is 3.27. The largest absolute Gasteiger partial charge is 0.489 e. The summed E-state index contributed by atoms with van der Waals surface area (Å²) < 4.78 is 11.2. The van der Waals surface area contributed by atoms with Gasteiger partial charge >= 0.3 is 5.63 Å². The minimum absolute atomic E-state index is 0.220. The Labute approximate surface area is 172 Å². The highest BCUT2D eigenvalue weighted by Crippen LogP contribution is 2.27. The van der Waals surface area contributed by atoms with Crippen molar-refractivity contribution in [2.45, 2.75) is 13.5 Å². The summed E-state index contributed by atoms with van der Waals surface area (Å²) in [4.78, 5) is 11.9. The molecule has 0 N–H and O–H groups in total. The van der Waals surface area contributed by atoms with Gasteiger partial charge in [-0.1, -0.05) is 35.9 Å². The van der Waals surface area contributed by atoms with Gasteiger partial charge in [0.2, 0.25) is 0 Å². The van der Waals surface area contributed by atoms with Gasteiger partial charge in [0.15, 0.2) is 0 Å². The molecule has 4 nitrogen and oxygen atoms in total. The number of halogens is 1. The van der Waals surface area contributed by atoms with Crippen molar-refractivity contribution in [2.75, 3.05) is 0 Å². The number of aryl methyl sites for hydroxylation is 1. The van der Waals surface area contributed by atoms with E-state index in [1.807, 2.05) is 43.3 Å². The Bertz CT molecular complexity index is 1280. The van der Waals surface area contributed by atoms with Crippen molar-refractivity contribution < 1.29 is 9.15 Å². The standard InChI is InChI=1S/C24H16ClNO3/c1-15-10-23-21(12-22(15)25)19(11-24(27)29-23)14-28-20-8-6-18(7-9-20)17-4-2-16(13-26)3-5-17/h2-12H,14H2,1H3. The topological polar surface area (TPSA) is 63.2 Å². The van der Waals surface area contributed by atoms with E-state index in [1.54, 1.807) is 24.3 Å². The summed E-state index contributed by atoms with van der Waals surface area (Å²) in [5.74, 6) is 0.682. The van der Waals surface area contributed by atoms with Crippen LogP contribution in [-0.4, -0.2) is 0 Å². The first-order chi connectivity index (χ1) is 14.0. The predicted molar refractivity (Wildman–Crippen MR) is 113 cm³/mol. The van der Waals surface area contributed by atoms with Crippen LogP contribution in [0.2, 0.25) is 5.02 Å². The van der Waals surface area contributed by atoms with Crippen LogP contribution in [0, 0.1) is 18.3 Å². The number of rotatable bonds is 4. The molecule has 0 bridgehead atoms. The Morgan fingerprint density at radius 2 is 1.66 bits per heavy atom. The van der Waals surface area contributed by atoms with Crippen molar-refractivity contribution in [1.82, 2.24) is 0 Å². The summed E-state index contributed by atoms with van der Waals surface area (Å²) in [6.45, 7) is 2.08. The van der Waals surface area contributed by atoms with E-state index in [0.29, 0.717) is 27.5 Å². The van der Waals surface area contributed by atoms with E-state index in [9.17, 15) is 4.79 Å². The molecule has 0 saturated carbocycles. The average Bonchev–Trinajstić information content (AvgIpc) is 2.74. The molecular formula is C24H16ClNO3. The molecule has 29 heavy (non-hydrogen) atoms. The van der Waals surface area contributed by atoms with Gasteiger partial charge in [0.1, 0.15) is 17.9 Å². The van der Waals surface area contributed by atoms with Crippen LogP contribution in [-0.2, 0) is 6.61 Å². The molecule has 0 amide bonds. The fourth-order valence-electron chi connectivity index (χ4n) is 3.11. The van der Waals surface area contributed by atoms with Gasteiger partial charge in [0, 0.05) is 22.0 Å². The second-order valence-corrected chi connectivity index (χ2v) is 7.10. The third kappa shape index (κ3) is 4.01. The van der Waals surface area contributed by atoms with Crippen LogP contribution in [0.4, 0.5) is 0 Å². The molecule has 0 radical (unpaired) electrons. The number of hydrogen-bond acceptors (Lipinski definition) is 4. The number of ether oxygens (including phenoxy) is 1. The van der Waals surface area contributed by atoms with E-state index < -0.39 is 5.63 Å². The number of hydrogen-bond donors (Lipinski definition) is 0. The van der Waals surface area contributed by atoms with Crippen molar-refractivity contribution in [3.63, 3.8) is 0 Å². The lowest BCUT2D eigenvalue weighted by Crippen LogP contribution is -2.04. The zero-order chi connectivity index (χ0) is 20.4. The first-order valence-corrected chi connectivity index (χ1v) is 9.37. The zero-order valence-corrected chi connectivity index (χ0v) is 16.4. The summed E-state index contributed by atoms with van der Waals surface area (Å²) in [6.07, 6.45) is 0. The number of nitrogens with zero attached hydrogens (tertiary/aromatic N) is 1. The third-order valence-electron chi connectivity index (χ3n) is 4.71. The molecule has 0 aliphatic heterocycles. The Kier molecular flexibility index (Phi) is 5.07. The lowest BCUT2D eigenvalue weighted by Gasteiger charge is -2.10. The molecule has 0 fully saturated rings. The minimum atomic E-state index is -0.422. The molecule has 4 aromatic rings. The molecule has 0 spiro atoms. The van der Waals surface area contributed by atoms with Crippen LogP contribution < -0.4 is 10.4 Å². The Morgan fingerprint density at radius 3 is 2.31 bits per heavy atom. The van der Waals surface area contributed by atoms with Gasteiger partial charge in [-0.25, -0.2) is 4.79 Å². The molecule has 0 unspecified atom stereocenters. The molecule has 5 heteroatoms. The molecule has 0 atom stereocenters. The molecule has 4 rings (SSSR count). The second-order valence-electron chi connectivity index (χ2n) is 6.69. The van der Waals surface area contributed by atoms with Crippen LogP contribution in [0.3, 0.4) is 0 Å². The highest BCUT2D eigenvalue weighted by atomic mass is 35.5. The van der Waals surface area contributed by atoms with Crippen molar-refractivity contribution in [2.24, 2.45) is 0 Å². The van der Waals surface area contributed by atoms with Gasteiger partial charge < -0.3 is 9.15 Å². The Morgan fingerprint density at radius 1 is 1.00 bits per heavy atom. The van der Waals surface area contributed by atoms with Crippen LogP contribution in [0.25, 0.3) is 22.1 Å². The van der Waals surface area contributed by atoms with Gasteiger partial charge in [-0.05, 0) is 60.0 Å². The first kappa shape index (κ1) is 18.8. The Hall–Kier alpha value is -3.55. The molecule has 0 aliphatic rings. The predicted octanol–water partition coefficient (Wildman–Crippen LogP) is 5.87. The maximum atomic E-state index is 11.9. The SMILES string of the molecule is Cc1cc2oc(=O)cc(COc3ccc(-c4ccc(C#N)cc4)cc3)c2cc1Cl. The first-order valence-electron chi connectivity index (χ1n) is 9.00. The Balaban J connectivity index is 1.55. The molecule has 1 aromatic heterocycles. The second kappa shape index (κ2) is 7.83. The molecule has 0 saturated heterocycles. The van der Waals surface area contributed by atoms with Crippen molar-refractivity contribution in [3.05, 3.63) is 98.9 Å². The normalized spacial score (nSPS) is 10.7. The monoisotopic (exact) mass is 401 g/mol. The average molecular weight is 402 g/mol. The minimum Gasteiger partial charge on any atom is -0.489 e. The quantitative estimate of drug-likeness (QED) is 0.401. The maximum absolute atomic E-state index is 11.9. The van der Waals surface area contributed by atoms with Crippen LogP contribution in [0.5, 0.6) is 5.75 Å². The van der Waals surface area contributed by atoms with Gasteiger partial charge in [-0.3, -0.25) is 0 Å². The molecular weight excluding hydrogens is 386 g/mol. The highest BCUT2D eigenvalue weighted by Gasteiger charge is 2.09. The highest BCUT2D eigenvalue weighted by molar-refractivity contribution is 6.32. The van der Waals surface area contributed by atoms with Gasteiger partial charge in [-0.2, -0.15) is 5.26 Å². The lowest BCUT2D eigenvalue weighted by atomic mass is 10.0. The summed E-state index contributed by atoms with van der Waals surface area (Å²) in [5, 5.41) is 10.3. The number of fused-ring (bicyclic) bond motifs is 1. The van der Waals surface area contributed by atoms with Gasteiger partial charge in [-0.15, -0.1) is 0 Å². The van der Waals surface area contributed by atoms with Crippen LogP contribution in [0.1, 0.15) is 16.7 Å². The van der Waals surface area contributed by atoms with E-state index in [2.05, 4.69) is 6.07 Å². The number of benzene rings is 3. The summed E-state index contributed by atoms with van der Waals surface area (Å²) >= 11 is 6.23. The van der Waals surface area contributed by atoms with Gasteiger partial charge in [0.05, 0.1) is 11.6 Å². The lowest BCUT2D eigenvalue weighted by molar-refractivity contribution is 0.306. The van der Waals surface area contributed by atoms with E-state index in [1.165, 1.54) is 6.07 Å². The van der Waals surface area contributed by atoms with Crippen molar-refractivity contribution in [3.8, 4) is 22.9 Å². The smallest absolute Gasteiger partial charge is 0.336 e. The van der Waals surface area contributed by atoms with Crippen LogP contribution in [0.15, 0.2) is 75.9 Å². The van der Waals surface area contributed by atoms with E-state index in [-0.39, 0.29) is 6.61 Å². The van der Waals surface area contributed by atoms with Crippen molar-refractivity contribution in [1.29, 1.82) is 5.26 Å². The number of nitriles is 1. The summed E-state index contributed by atoms with van der Waals surface area (Å²) in [7, 11) is 0. The van der Waals surface area contributed by atoms with E-state index in [0.717, 1.165) is 22.1 Å². The summed E-state index contributed by atoms with van der Waals surface area (Å²) in [5.41, 5.74) is 4.31. The van der Waals surface area contributed by atoms with E-state index >= 15 is 0 Å². The van der Waals surface area contributed by atoms with E-state index in [4.69, 9.17) is 26.0 Å². The zero-order valence-electron chi connectivity index (χ0n) is 15.6.